The van der Waals surface area contributed by atoms with Crippen LogP contribution < -0.4 is 0 Å². The first-order chi connectivity index (χ1) is 7.52. The molecule has 2 N–H and O–H groups in total. The second-order valence-corrected chi connectivity index (χ2v) is 6.07. The largest absolute Gasteiger partial charge is 0.508 e. The molecule has 0 radical (unpaired) electrons. The summed E-state index contributed by atoms with van der Waals surface area (Å²) in [4.78, 5) is 2.95. The number of fused-ring (bicyclic) bond motifs is 1. The third kappa shape index (κ3) is 2.04. The first-order valence-electron chi connectivity index (χ1n) is 5.01. The van der Waals surface area contributed by atoms with E-state index >= 15 is 0 Å². The van der Waals surface area contributed by atoms with Crippen molar-refractivity contribution >= 4 is 20.7 Å². The van der Waals surface area contributed by atoms with E-state index in [0.29, 0.717) is 0 Å². The van der Waals surface area contributed by atoms with Crippen molar-refractivity contribution in [1.82, 2.24) is 4.98 Å². The van der Waals surface area contributed by atoms with Crippen LogP contribution in [0.4, 0.5) is 0 Å². The molecule has 0 saturated carbocycles. The smallest absolute Gasteiger partial charge is 0.154 e. The SMILES string of the molecule is CCS(=O)(=O)Cc1c[nH]c2cc(O)ccc12. The van der Waals surface area contributed by atoms with Gasteiger partial charge in [-0.3, -0.25) is 0 Å². The number of aromatic hydroxyl groups is 1. The van der Waals surface area contributed by atoms with Crippen LogP contribution in [0, 0.1) is 0 Å². The molecule has 0 atom stereocenters. The number of aromatic amines is 1. The number of sulfone groups is 1. The number of rotatable bonds is 3. The standard InChI is InChI=1S/C11H13NO3S/c1-2-16(14,15)7-8-6-12-11-5-9(13)3-4-10(8)11/h3-6,12-13H,2,7H2,1H3. The fourth-order valence-electron chi connectivity index (χ4n) is 1.63. The van der Waals surface area contributed by atoms with Crippen molar-refractivity contribution < 1.29 is 13.5 Å². The Hall–Kier alpha value is -1.49. The van der Waals surface area contributed by atoms with Gasteiger partial charge in [-0.25, -0.2) is 8.42 Å². The predicted molar refractivity (Wildman–Crippen MR) is 63.1 cm³/mol. The number of nitrogens with one attached hydrogen (secondary N) is 1. The van der Waals surface area contributed by atoms with Crippen molar-refractivity contribution in [1.29, 1.82) is 0 Å². The van der Waals surface area contributed by atoms with Crippen LogP contribution in [-0.4, -0.2) is 24.3 Å². The Labute approximate surface area is 93.8 Å². The van der Waals surface area contributed by atoms with Gasteiger partial charge >= 0.3 is 0 Å². The van der Waals surface area contributed by atoms with E-state index in [-0.39, 0.29) is 17.3 Å². The minimum absolute atomic E-state index is 0.0360. The molecule has 1 aromatic heterocycles. The number of hydrogen-bond acceptors (Lipinski definition) is 3. The van der Waals surface area contributed by atoms with Gasteiger partial charge in [0.05, 0.1) is 5.75 Å². The maximum atomic E-state index is 11.5. The maximum absolute atomic E-state index is 11.5. The second-order valence-electron chi connectivity index (χ2n) is 3.72. The molecule has 0 aliphatic carbocycles. The van der Waals surface area contributed by atoms with Crippen molar-refractivity contribution in [3.05, 3.63) is 30.0 Å². The lowest BCUT2D eigenvalue weighted by atomic mass is 10.2. The lowest BCUT2D eigenvalue weighted by molar-refractivity contribution is 0.476. The fourth-order valence-corrected chi connectivity index (χ4v) is 2.55. The number of benzene rings is 1. The summed E-state index contributed by atoms with van der Waals surface area (Å²) in [6.07, 6.45) is 1.68. The van der Waals surface area contributed by atoms with Crippen molar-refractivity contribution in [3.63, 3.8) is 0 Å². The van der Waals surface area contributed by atoms with E-state index in [1.807, 2.05) is 0 Å². The zero-order valence-corrected chi connectivity index (χ0v) is 9.71. The summed E-state index contributed by atoms with van der Waals surface area (Å²) in [5.74, 6) is 0.339. The van der Waals surface area contributed by atoms with Gasteiger partial charge in [-0.2, -0.15) is 0 Å². The predicted octanol–water partition coefficient (Wildman–Crippen LogP) is 1.81. The average Bonchev–Trinajstić information content (AvgIpc) is 2.60. The zero-order valence-electron chi connectivity index (χ0n) is 8.90. The van der Waals surface area contributed by atoms with Gasteiger partial charge in [0.2, 0.25) is 0 Å². The van der Waals surface area contributed by atoms with Crippen LogP contribution in [0.2, 0.25) is 0 Å². The normalized spacial score (nSPS) is 12.1. The Balaban J connectivity index is 2.47. The Morgan fingerprint density at radius 1 is 1.38 bits per heavy atom. The summed E-state index contributed by atoms with van der Waals surface area (Å²) in [5, 5.41) is 10.1. The molecule has 16 heavy (non-hydrogen) atoms. The minimum atomic E-state index is -3.03. The van der Waals surface area contributed by atoms with Crippen LogP contribution >= 0.6 is 0 Å². The van der Waals surface area contributed by atoms with E-state index in [1.54, 1.807) is 31.3 Å². The van der Waals surface area contributed by atoms with Gasteiger partial charge in [-0.15, -0.1) is 0 Å². The van der Waals surface area contributed by atoms with E-state index in [2.05, 4.69) is 4.98 Å². The van der Waals surface area contributed by atoms with Crippen LogP contribution in [0.1, 0.15) is 12.5 Å². The van der Waals surface area contributed by atoms with Gasteiger partial charge in [0.25, 0.3) is 0 Å². The molecule has 86 valence electrons. The van der Waals surface area contributed by atoms with Crippen molar-refractivity contribution in [2.45, 2.75) is 12.7 Å². The Morgan fingerprint density at radius 2 is 2.12 bits per heavy atom. The van der Waals surface area contributed by atoms with Gasteiger partial charge in [0.15, 0.2) is 9.84 Å². The van der Waals surface area contributed by atoms with E-state index in [1.165, 1.54) is 0 Å². The van der Waals surface area contributed by atoms with Crippen molar-refractivity contribution in [2.24, 2.45) is 0 Å². The molecule has 2 rings (SSSR count). The highest BCUT2D eigenvalue weighted by atomic mass is 32.2. The first kappa shape index (κ1) is 11.0. The van der Waals surface area contributed by atoms with E-state index in [9.17, 15) is 13.5 Å². The van der Waals surface area contributed by atoms with E-state index in [0.717, 1.165) is 16.5 Å². The van der Waals surface area contributed by atoms with Gasteiger partial charge < -0.3 is 10.1 Å². The molecule has 0 amide bonds. The van der Waals surface area contributed by atoms with E-state index < -0.39 is 9.84 Å². The Kier molecular flexibility index (Phi) is 2.63. The van der Waals surface area contributed by atoms with E-state index in [4.69, 9.17) is 0 Å². The maximum Gasteiger partial charge on any atom is 0.154 e. The van der Waals surface area contributed by atoms with Crippen molar-refractivity contribution in [2.75, 3.05) is 5.75 Å². The zero-order chi connectivity index (χ0) is 11.8. The monoisotopic (exact) mass is 239 g/mol. The molecule has 1 heterocycles. The van der Waals surface area contributed by atoms with Crippen LogP contribution in [0.25, 0.3) is 10.9 Å². The average molecular weight is 239 g/mol. The number of phenols is 1. The quantitative estimate of drug-likeness (QED) is 0.858. The molecule has 1 aromatic carbocycles. The number of aromatic nitrogens is 1. The summed E-state index contributed by atoms with van der Waals surface area (Å²) in [7, 11) is -3.03. The van der Waals surface area contributed by atoms with Crippen LogP contribution in [0.5, 0.6) is 5.75 Å². The molecule has 0 bridgehead atoms. The van der Waals surface area contributed by atoms with Crippen LogP contribution in [0.15, 0.2) is 24.4 Å². The Morgan fingerprint density at radius 3 is 2.81 bits per heavy atom. The van der Waals surface area contributed by atoms with Gasteiger partial charge in [0, 0.05) is 28.9 Å². The molecule has 0 spiro atoms. The highest BCUT2D eigenvalue weighted by molar-refractivity contribution is 7.90. The minimum Gasteiger partial charge on any atom is -0.508 e. The third-order valence-corrected chi connectivity index (χ3v) is 4.20. The number of H-pyrrole nitrogens is 1. The topological polar surface area (TPSA) is 70.2 Å². The molecule has 5 heteroatoms. The molecule has 0 aliphatic heterocycles. The van der Waals surface area contributed by atoms with Crippen LogP contribution in [0.3, 0.4) is 0 Å². The molecule has 0 saturated heterocycles. The molecule has 0 fully saturated rings. The molecule has 2 aromatic rings. The summed E-state index contributed by atoms with van der Waals surface area (Å²) >= 11 is 0. The first-order valence-corrected chi connectivity index (χ1v) is 6.83. The highest BCUT2D eigenvalue weighted by Gasteiger charge is 2.12. The molecule has 0 aliphatic rings. The Bertz CT molecular complexity index is 613. The number of phenolic OH excluding ortho intramolecular Hbond substituents is 1. The lowest BCUT2D eigenvalue weighted by Gasteiger charge is -1.99. The summed E-state index contributed by atoms with van der Waals surface area (Å²) < 4.78 is 23.0. The summed E-state index contributed by atoms with van der Waals surface area (Å²) in [6.45, 7) is 1.63. The molecule has 4 nitrogen and oxygen atoms in total. The van der Waals surface area contributed by atoms with Crippen molar-refractivity contribution in [3.8, 4) is 5.75 Å². The van der Waals surface area contributed by atoms with Gasteiger partial charge in [0.1, 0.15) is 5.75 Å². The fraction of sp³-hybridized carbons (Fsp3) is 0.273. The third-order valence-electron chi connectivity index (χ3n) is 2.57. The second kappa shape index (κ2) is 3.83. The molecular formula is C11H13NO3S. The molecular weight excluding hydrogens is 226 g/mol. The highest BCUT2D eigenvalue weighted by Crippen LogP contribution is 2.23. The number of hydrogen-bond donors (Lipinski definition) is 2. The van der Waals surface area contributed by atoms with Gasteiger partial charge in [-0.05, 0) is 17.7 Å². The van der Waals surface area contributed by atoms with Gasteiger partial charge in [-0.1, -0.05) is 6.92 Å². The summed E-state index contributed by atoms with van der Waals surface area (Å²) in [5.41, 5.74) is 1.50. The van der Waals surface area contributed by atoms with Crippen LogP contribution in [-0.2, 0) is 15.6 Å². The summed E-state index contributed by atoms with van der Waals surface area (Å²) in [6, 6.07) is 4.86. The molecule has 0 unspecified atom stereocenters. The lowest BCUT2D eigenvalue weighted by Crippen LogP contribution is -2.05.